The zero-order chi connectivity index (χ0) is 17.0. The molecule has 0 saturated heterocycles. The van der Waals surface area contributed by atoms with Crippen molar-refractivity contribution < 1.29 is 27.5 Å². The third kappa shape index (κ3) is 4.29. The molecular weight excluding hydrogens is 310 g/mol. The van der Waals surface area contributed by atoms with E-state index < -0.39 is 30.1 Å². The summed E-state index contributed by atoms with van der Waals surface area (Å²) >= 11 is 0. The number of nitrogens with one attached hydrogen (secondary N) is 2. The van der Waals surface area contributed by atoms with E-state index in [1.54, 1.807) is 13.8 Å². The second-order valence-electron chi connectivity index (χ2n) is 4.69. The number of ether oxygens (including phenoxy) is 1. The van der Waals surface area contributed by atoms with Gasteiger partial charge in [-0.15, -0.1) is 0 Å². The van der Waals surface area contributed by atoms with Crippen LogP contribution in [0, 0.1) is 25.5 Å². The summed E-state index contributed by atoms with van der Waals surface area (Å²) in [6, 6.07) is 4.23. The second kappa shape index (κ2) is 6.91. The summed E-state index contributed by atoms with van der Waals surface area (Å²) in [7, 11) is 0. The predicted molar refractivity (Wildman–Crippen MR) is 75.6 cm³/mol. The van der Waals surface area contributed by atoms with Crippen molar-refractivity contribution in [1.29, 1.82) is 0 Å². The molecule has 2 amide bonds. The molecule has 1 heterocycles. The van der Waals surface area contributed by atoms with Crippen molar-refractivity contribution in [3.63, 3.8) is 0 Å². The van der Waals surface area contributed by atoms with Crippen LogP contribution < -0.4 is 15.6 Å². The fraction of sp³-hybridized carbons (Fsp3) is 0.200. The first kappa shape index (κ1) is 16.5. The highest BCUT2D eigenvalue weighted by Gasteiger charge is 2.14. The van der Waals surface area contributed by atoms with Gasteiger partial charge in [0.1, 0.15) is 17.3 Å². The molecule has 0 fully saturated rings. The van der Waals surface area contributed by atoms with Crippen molar-refractivity contribution in [2.75, 3.05) is 6.61 Å². The van der Waals surface area contributed by atoms with Crippen LogP contribution in [0.5, 0.6) is 5.75 Å². The van der Waals surface area contributed by atoms with Crippen LogP contribution in [0.15, 0.2) is 28.7 Å². The third-order valence-electron chi connectivity index (χ3n) is 2.85. The maximum absolute atomic E-state index is 13.3. The summed E-state index contributed by atoms with van der Waals surface area (Å²) in [6.07, 6.45) is 0. The number of rotatable bonds is 4. The zero-order valence-electron chi connectivity index (χ0n) is 12.4. The number of carbonyl (C=O) groups is 2. The molecule has 2 aromatic rings. The Kier molecular flexibility index (Phi) is 4.95. The van der Waals surface area contributed by atoms with Crippen molar-refractivity contribution in [3.8, 4) is 5.75 Å². The van der Waals surface area contributed by atoms with Crippen molar-refractivity contribution >= 4 is 11.8 Å². The molecule has 0 unspecified atom stereocenters. The number of amides is 2. The standard InChI is InChI=1S/C15H14F2N2O4/c1-8-5-11(9(2)23-8)15(21)19-18-14(20)7-22-13-4-3-10(16)6-12(13)17/h3-6H,7H2,1-2H3,(H,18,20)(H,19,21). The summed E-state index contributed by atoms with van der Waals surface area (Å²) in [4.78, 5) is 23.4. The number of hydrazine groups is 1. The quantitative estimate of drug-likeness (QED) is 0.843. The van der Waals surface area contributed by atoms with Gasteiger partial charge in [-0.05, 0) is 32.0 Å². The molecule has 8 heteroatoms. The minimum Gasteiger partial charge on any atom is -0.481 e. The molecule has 0 aliphatic rings. The Balaban J connectivity index is 1.83. The average Bonchev–Trinajstić information content (AvgIpc) is 2.82. The molecule has 1 aromatic carbocycles. The van der Waals surface area contributed by atoms with E-state index in [0.29, 0.717) is 17.6 Å². The van der Waals surface area contributed by atoms with Crippen LogP contribution in [0.1, 0.15) is 21.9 Å². The van der Waals surface area contributed by atoms with E-state index in [4.69, 9.17) is 9.15 Å². The van der Waals surface area contributed by atoms with E-state index in [9.17, 15) is 18.4 Å². The maximum atomic E-state index is 13.3. The van der Waals surface area contributed by atoms with Crippen LogP contribution in [0.4, 0.5) is 8.78 Å². The molecule has 122 valence electrons. The molecule has 0 bridgehead atoms. The Morgan fingerprint density at radius 3 is 2.52 bits per heavy atom. The van der Waals surface area contributed by atoms with Gasteiger partial charge in [-0.3, -0.25) is 20.4 Å². The largest absolute Gasteiger partial charge is 0.481 e. The number of halogens is 2. The number of benzene rings is 1. The van der Waals surface area contributed by atoms with Crippen molar-refractivity contribution in [3.05, 3.63) is 53.0 Å². The summed E-state index contributed by atoms with van der Waals surface area (Å²) in [5, 5.41) is 0. The maximum Gasteiger partial charge on any atom is 0.276 e. The van der Waals surface area contributed by atoms with Gasteiger partial charge >= 0.3 is 0 Å². The SMILES string of the molecule is Cc1cc(C(=O)NNC(=O)COc2ccc(F)cc2F)c(C)o1. The van der Waals surface area contributed by atoms with Gasteiger partial charge in [-0.25, -0.2) is 8.78 Å². The highest BCUT2D eigenvalue weighted by Crippen LogP contribution is 2.17. The van der Waals surface area contributed by atoms with Crippen LogP contribution in [0.3, 0.4) is 0 Å². The molecule has 2 rings (SSSR count). The first-order chi connectivity index (χ1) is 10.9. The number of hydrogen-bond donors (Lipinski definition) is 2. The average molecular weight is 324 g/mol. The minimum absolute atomic E-state index is 0.269. The number of aryl methyl sites for hydroxylation is 2. The van der Waals surface area contributed by atoms with E-state index in [0.717, 1.165) is 12.1 Å². The van der Waals surface area contributed by atoms with Crippen molar-refractivity contribution in [2.24, 2.45) is 0 Å². The van der Waals surface area contributed by atoms with Gasteiger partial charge in [-0.2, -0.15) is 0 Å². The van der Waals surface area contributed by atoms with Gasteiger partial charge in [0, 0.05) is 6.07 Å². The minimum atomic E-state index is -0.925. The lowest BCUT2D eigenvalue weighted by molar-refractivity contribution is -0.123. The molecule has 0 saturated carbocycles. The lowest BCUT2D eigenvalue weighted by Crippen LogP contribution is -2.43. The predicted octanol–water partition coefficient (Wildman–Crippen LogP) is 2.01. The van der Waals surface area contributed by atoms with Gasteiger partial charge in [0.15, 0.2) is 18.2 Å². The van der Waals surface area contributed by atoms with Crippen LogP contribution in [-0.4, -0.2) is 18.4 Å². The molecule has 2 N–H and O–H groups in total. The van der Waals surface area contributed by atoms with Gasteiger partial charge in [0.2, 0.25) is 0 Å². The van der Waals surface area contributed by atoms with Crippen LogP contribution in [0.2, 0.25) is 0 Å². The first-order valence-corrected chi connectivity index (χ1v) is 6.61. The Morgan fingerprint density at radius 1 is 1.17 bits per heavy atom. The molecule has 0 radical (unpaired) electrons. The molecule has 6 nitrogen and oxygen atoms in total. The van der Waals surface area contributed by atoms with Gasteiger partial charge in [0.25, 0.3) is 11.8 Å². The van der Waals surface area contributed by atoms with Crippen LogP contribution in [-0.2, 0) is 4.79 Å². The molecule has 23 heavy (non-hydrogen) atoms. The van der Waals surface area contributed by atoms with Gasteiger partial charge in [-0.1, -0.05) is 0 Å². The highest BCUT2D eigenvalue weighted by atomic mass is 19.1. The normalized spacial score (nSPS) is 10.3. The number of hydrogen-bond acceptors (Lipinski definition) is 4. The summed E-state index contributed by atoms with van der Waals surface area (Å²) < 4.78 is 36.1. The van der Waals surface area contributed by atoms with E-state index in [1.807, 2.05) is 0 Å². The lowest BCUT2D eigenvalue weighted by atomic mass is 10.2. The molecule has 0 aliphatic heterocycles. The fourth-order valence-corrected chi connectivity index (χ4v) is 1.82. The topological polar surface area (TPSA) is 80.6 Å². The smallest absolute Gasteiger partial charge is 0.276 e. The Morgan fingerprint density at radius 2 is 1.91 bits per heavy atom. The Labute approximate surface area is 130 Å². The summed E-state index contributed by atoms with van der Waals surface area (Å²) in [6.45, 7) is 2.75. The first-order valence-electron chi connectivity index (χ1n) is 6.61. The molecule has 0 aliphatic carbocycles. The van der Waals surface area contributed by atoms with Crippen LogP contribution >= 0.6 is 0 Å². The monoisotopic (exact) mass is 324 g/mol. The van der Waals surface area contributed by atoms with E-state index >= 15 is 0 Å². The number of carbonyl (C=O) groups excluding carboxylic acids is 2. The van der Waals surface area contributed by atoms with E-state index in [1.165, 1.54) is 6.07 Å². The highest BCUT2D eigenvalue weighted by molar-refractivity contribution is 5.96. The third-order valence-corrected chi connectivity index (χ3v) is 2.85. The Hall–Kier alpha value is -2.90. The molecule has 1 aromatic heterocycles. The fourth-order valence-electron chi connectivity index (χ4n) is 1.82. The summed E-state index contributed by atoms with van der Waals surface area (Å²) in [5.74, 6) is -2.23. The Bertz CT molecular complexity index is 743. The number of furan rings is 1. The molecular formula is C15H14F2N2O4. The van der Waals surface area contributed by atoms with Crippen molar-refractivity contribution in [1.82, 2.24) is 10.9 Å². The summed E-state index contributed by atoms with van der Waals surface area (Å²) in [5.41, 5.74) is 4.58. The van der Waals surface area contributed by atoms with E-state index in [2.05, 4.69) is 10.9 Å². The van der Waals surface area contributed by atoms with Crippen molar-refractivity contribution in [2.45, 2.75) is 13.8 Å². The van der Waals surface area contributed by atoms with Crippen LogP contribution in [0.25, 0.3) is 0 Å². The molecule has 0 atom stereocenters. The molecule has 0 spiro atoms. The zero-order valence-corrected chi connectivity index (χ0v) is 12.4. The van der Waals surface area contributed by atoms with Gasteiger partial charge < -0.3 is 9.15 Å². The van der Waals surface area contributed by atoms with E-state index in [-0.39, 0.29) is 11.3 Å². The van der Waals surface area contributed by atoms with Gasteiger partial charge in [0.05, 0.1) is 5.56 Å². The lowest BCUT2D eigenvalue weighted by Gasteiger charge is -2.09. The second-order valence-corrected chi connectivity index (χ2v) is 4.69.